The van der Waals surface area contributed by atoms with Gasteiger partial charge in [0.25, 0.3) is 0 Å². The minimum atomic E-state index is -4.37. The standard InChI is InChI=1S/C17H15F3N2O/c18-17(19,20)15-11-3-1-2-4-13(11)21-16-12(15)7-8-14(22-16)23-9-10-5-6-10/h1-4,7-8,10,15H,5-6,9H2,(H,21,22)/t15-/m0/s1. The molecule has 1 aromatic heterocycles. The Labute approximate surface area is 131 Å². The first-order valence-electron chi connectivity index (χ1n) is 7.59. The molecule has 2 aliphatic rings. The van der Waals surface area contributed by atoms with Crippen LogP contribution in [0.5, 0.6) is 5.88 Å². The lowest BCUT2D eigenvalue weighted by Crippen LogP contribution is -2.27. The van der Waals surface area contributed by atoms with Crippen molar-refractivity contribution in [1.29, 1.82) is 0 Å². The van der Waals surface area contributed by atoms with Gasteiger partial charge < -0.3 is 10.1 Å². The van der Waals surface area contributed by atoms with Gasteiger partial charge in [0.1, 0.15) is 11.7 Å². The molecule has 0 unspecified atom stereocenters. The Hall–Kier alpha value is -2.24. The highest BCUT2D eigenvalue weighted by Gasteiger charge is 2.46. The monoisotopic (exact) mass is 320 g/mol. The van der Waals surface area contributed by atoms with E-state index in [0.717, 1.165) is 12.8 Å². The van der Waals surface area contributed by atoms with E-state index < -0.39 is 12.1 Å². The van der Waals surface area contributed by atoms with Crippen LogP contribution in [0.25, 0.3) is 0 Å². The number of rotatable bonds is 3. The Morgan fingerprint density at radius 1 is 1.09 bits per heavy atom. The van der Waals surface area contributed by atoms with E-state index in [1.165, 1.54) is 18.2 Å². The molecule has 0 bridgehead atoms. The molecule has 0 saturated heterocycles. The highest BCUT2D eigenvalue weighted by Crippen LogP contribution is 2.49. The largest absolute Gasteiger partial charge is 0.477 e. The van der Waals surface area contributed by atoms with Crippen molar-refractivity contribution in [3.8, 4) is 5.88 Å². The summed E-state index contributed by atoms with van der Waals surface area (Å²) in [6.45, 7) is 0.574. The first-order valence-corrected chi connectivity index (χ1v) is 7.59. The first-order chi connectivity index (χ1) is 11.0. The summed E-state index contributed by atoms with van der Waals surface area (Å²) < 4.78 is 46.3. The van der Waals surface area contributed by atoms with Crippen molar-refractivity contribution in [2.45, 2.75) is 24.9 Å². The minimum Gasteiger partial charge on any atom is -0.477 e. The SMILES string of the molecule is FC(F)(F)[C@H]1c2ccccc2Nc2nc(OCC3CC3)ccc21. The summed E-state index contributed by atoms with van der Waals surface area (Å²) in [5.74, 6) is -0.521. The average molecular weight is 320 g/mol. The number of nitrogens with one attached hydrogen (secondary N) is 1. The summed E-state index contributed by atoms with van der Waals surface area (Å²) in [4.78, 5) is 4.24. The quantitative estimate of drug-likeness (QED) is 0.896. The van der Waals surface area contributed by atoms with E-state index in [9.17, 15) is 13.2 Å². The molecular weight excluding hydrogens is 305 g/mol. The number of hydrogen-bond donors (Lipinski definition) is 1. The van der Waals surface area contributed by atoms with Crippen LogP contribution in [0.15, 0.2) is 36.4 Å². The Kier molecular flexibility index (Phi) is 3.21. The fourth-order valence-electron chi connectivity index (χ4n) is 2.86. The summed E-state index contributed by atoms with van der Waals surface area (Å²) in [6, 6.07) is 9.45. The van der Waals surface area contributed by atoms with E-state index >= 15 is 0 Å². The predicted octanol–water partition coefficient (Wildman–Crippen LogP) is 4.62. The smallest absolute Gasteiger partial charge is 0.399 e. The molecule has 3 nitrogen and oxygen atoms in total. The van der Waals surface area contributed by atoms with Crippen LogP contribution >= 0.6 is 0 Å². The molecule has 120 valence electrons. The third-order valence-electron chi connectivity index (χ3n) is 4.23. The molecule has 1 N–H and O–H groups in total. The Morgan fingerprint density at radius 2 is 1.87 bits per heavy atom. The van der Waals surface area contributed by atoms with Gasteiger partial charge in [-0.3, -0.25) is 0 Å². The Morgan fingerprint density at radius 3 is 2.61 bits per heavy atom. The summed E-state index contributed by atoms with van der Waals surface area (Å²) in [7, 11) is 0. The zero-order chi connectivity index (χ0) is 16.0. The number of anilines is 2. The normalized spacial score (nSPS) is 19.5. The van der Waals surface area contributed by atoms with Gasteiger partial charge in [-0.15, -0.1) is 0 Å². The van der Waals surface area contributed by atoms with Crippen LogP contribution in [0.4, 0.5) is 24.7 Å². The van der Waals surface area contributed by atoms with Crippen molar-refractivity contribution in [2.24, 2.45) is 5.92 Å². The van der Waals surface area contributed by atoms with Gasteiger partial charge in [0, 0.05) is 17.3 Å². The maximum absolute atomic E-state index is 13.6. The van der Waals surface area contributed by atoms with Gasteiger partial charge in [-0.2, -0.15) is 18.2 Å². The summed E-state index contributed by atoms with van der Waals surface area (Å²) in [6.07, 6.45) is -2.08. The predicted molar refractivity (Wildman–Crippen MR) is 80.1 cm³/mol. The molecule has 1 fully saturated rings. The highest BCUT2D eigenvalue weighted by atomic mass is 19.4. The van der Waals surface area contributed by atoms with E-state index in [1.807, 2.05) is 0 Å². The number of para-hydroxylation sites is 1. The van der Waals surface area contributed by atoms with E-state index in [0.29, 0.717) is 24.1 Å². The highest BCUT2D eigenvalue weighted by molar-refractivity contribution is 5.71. The minimum absolute atomic E-state index is 0.134. The number of aromatic nitrogens is 1. The number of alkyl halides is 3. The molecule has 1 aliphatic heterocycles. The number of hydrogen-bond acceptors (Lipinski definition) is 3. The van der Waals surface area contributed by atoms with Gasteiger partial charge in [-0.05, 0) is 36.5 Å². The van der Waals surface area contributed by atoms with Gasteiger partial charge >= 0.3 is 6.18 Å². The molecule has 4 rings (SSSR count). The molecule has 6 heteroatoms. The third kappa shape index (κ3) is 2.73. The van der Waals surface area contributed by atoms with E-state index in [4.69, 9.17) is 4.74 Å². The second-order valence-corrected chi connectivity index (χ2v) is 6.03. The summed E-state index contributed by atoms with van der Waals surface area (Å²) >= 11 is 0. The lowest BCUT2D eigenvalue weighted by molar-refractivity contribution is -0.141. The zero-order valence-electron chi connectivity index (χ0n) is 12.2. The van der Waals surface area contributed by atoms with Crippen molar-refractivity contribution in [3.05, 3.63) is 47.5 Å². The van der Waals surface area contributed by atoms with Crippen LogP contribution in [0, 0.1) is 5.92 Å². The Bertz CT molecular complexity index is 741. The van der Waals surface area contributed by atoms with Gasteiger partial charge in [-0.1, -0.05) is 18.2 Å². The fraction of sp³-hybridized carbons (Fsp3) is 0.353. The zero-order valence-corrected chi connectivity index (χ0v) is 12.2. The molecule has 1 atom stereocenters. The maximum atomic E-state index is 13.6. The van der Waals surface area contributed by atoms with Crippen molar-refractivity contribution < 1.29 is 17.9 Å². The van der Waals surface area contributed by atoms with E-state index in [-0.39, 0.29) is 16.9 Å². The maximum Gasteiger partial charge on any atom is 0.399 e. The second-order valence-electron chi connectivity index (χ2n) is 6.03. The second kappa shape index (κ2) is 5.15. The molecule has 23 heavy (non-hydrogen) atoms. The number of fused-ring (bicyclic) bond motifs is 2. The molecule has 2 aromatic rings. The number of halogens is 3. The lowest BCUT2D eigenvalue weighted by atomic mass is 9.87. The van der Waals surface area contributed by atoms with Crippen molar-refractivity contribution in [1.82, 2.24) is 4.98 Å². The molecule has 1 aliphatic carbocycles. The third-order valence-corrected chi connectivity index (χ3v) is 4.23. The van der Waals surface area contributed by atoms with Crippen molar-refractivity contribution in [2.75, 3.05) is 11.9 Å². The van der Waals surface area contributed by atoms with Gasteiger partial charge in [0.15, 0.2) is 0 Å². The Balaban J connectivity index is 1.72. The first kappa shape index (κ1) is 14.4. The van der Waals surface area contributed by atoms with Crippen molar-refractivity contribution in [3.63, 3.8) is 0 Å². The molecule has 2 heterocycles. The molecule has 0 spiro atoms. The van der Waals surface area contributed by atoms with Crippen LogP contribution in [0.3, 0.4) is 0 Å². The van der Waals surface area contributed by atoms with Gasteiger partial charge in [0.2, 0.25) is 5.88 Å². The van der Waals surface area contributed by atoms with Crippen LogP contribution in [0.2, 0.25) is 0 Å². The average Bonchev–Trinajstić information content (AvgIpc) is 3.33. The number of benzene rings is 1. The van der Waals surface area contributed by atoms with E-state index in [1.54, 1.807) is 18.2 Å². The summed E-state index contributed by atoms with van der Waals surface area (Å²) in [5.41, 5.74) is 0.796. The van der Waals surface area contributed by atoms with Crippen LogP contribution in [-0.2, 0) is 0 Å². The van der Waals surface area contributed by atoms with Crippen LogP contribution in [-0.4, -0.2) is 17.8 Å². The molecule has 0 radical (unpaired) electrons. The lowest BCUT2D eigenvalue weighted by Gasteiger charge is -2.30. The molecular formula is C17H15F3N2O. The molecule has 1 saturated carbocycles. The van der Waals surface area contributed by atoms with Crippen molar-refractivity contribution >= 4 is 11.5 Å². The van der Waals surface area contributed by atoms with E-state index in [2.05, 4.69) is 10.3 Å². The van der Waals surface area contributed by atoms with Crippen LogP contribution in [0.1, 0.15) is 29.9 Å². The fourth-order valence-corrected chi connectivity index (χ4v) is 2.86. The van der Waals surface area contributed by atoms with Gasteiger partial charge in [0.05, 0.1) is 6.61 Å². The number of pyridine rings is 1. The molecule has 0 amide bonds. The molecule has 1 aromatic carbocycles. The topological polar surface area (TPSA) is 34.2 Å². The van der Waals surface area contributed by atoms with Gasteiger partial charge in [-0.25, -0.2) is 0 Å². The summed E-state index contributed by atoms with van der Waals surface area (Å²) in [5, 5.41) is 3.00. The number of ether oxygens (including phenoxy) is 1. The number of nitrogens with zero attached hydrogens (tertiary/aromatic N) is 1. The van der Waals surface area contributed by atoms with Crippen LogP contribution < -0.4 is 10.1 Å².